The predicted octanol–water partition coefficient (Wildman–Crippen LogP) is 3.29. The van der Waals surface area contributed by atoms with Gasteiger partial charge in [-0.1, -0.05) is 6.07 Å². The van der Waals surface area contributed by atoms with Gasteiger partial charge >= 0.3 is 6.09 Å². The van der Waals surface area contributed by atoms with Gasteiger partial charge in [0.05, 0.1) is 12.1 Å². The Morgan fingerprint density at radius 2 is 1.96 bits per heavy atom. The van der Waals surface area contributed by atoms with Crippen molar-refractivity contribution < 1.29 is 9.53 Å². The molecule has 4 heterocycles. The fraction of sp³-hybridized carbons (Fsp3) is 0.368. The first kappa shape index (κ1) is 16.5. The van der Waals surface area contributed by atoms with Gasteiger partial charge in [0.25, 0.3) is 0 Å². The number of pyridine rings is 2. The van der Waals surface area contributed by atoms with Crippen LogP contribution in [-0.2, 0) is 4.74 Å². The number of fused-ring (bicyclic) bond motifs is 1. The zero-order valence-electron chi connectivity index (χ0n) is 14.7. The van der Waals surface area contributed by atoms with Crippen LogP contribution < -0.4 is 0 Å². The average Bonchev–Trinajstić information content (AvgIpc) is 3.08. The van der Waals surface area contributed by atoms with E-state index in [0.29, 0.717) is 19.7 Å². The third kappa shape index (κ3) is 3.00. The molecule has 134 valence electrons. The summed E-state index contributed by atoms with van der Waals surface area (Å²) in [4.78, 5) is 27.3. The van der Waals surface area contributed by atoms with Crippen molar-refractivity contribution in [3.05, 3.63) is 42.7 Å². The average molecular weight is 351 g/mol. The minimum atomic E-state index is -0.229. The van der Waals surface area contributed by atoms with Crippen molar-refractivity contribution >= 4 is 17.3 Å². The summed E-state index contributed by atoms with van der Waals surface area (Å²) >= 11 is 0. The first-order valence-corrected chi connectivity index (χ1v) is 8.94. The van der Waals surface area contributed by atoms with E-state index in [4.69, 9.17) is 9.72 Å². The molecule has 0 radical (unpaired) electrons. The zero-order valence-corrected chi connectivity index (χ0v) is 14.7. The minimum Gasteiger partial charge on any atom is -0.450 e. The number of rotatable bonds is 3. The molecule has 0 aliphatic carbocycles. The molecule has 0 N–H and O–H groups in total. The van der Waals surface area contributed by atoms with Crippen LogP contribution in [0.25, 0.3) is 22.7 Å². The van der Waals surface area contributed by atoms with Gasteiger partial charge < -0.3 is 14.2 Å². The van der Waals surface area contributed by atoms with E-state index in [1.165, 1.54) is 0 Å². The summed E-state index contributed by atoms with van der Waals surface area (Å²) < 4.78 is 7.35. The first-order chi connectivity index (χ1) is 12.8. The van der Waals surface area contributed by atoms with Crippen molar-refractivity contribution in [1.82, 2.24) is 24.4 Å². The van der Waals surface area contributed by atoms with E-state index in [0.717, 1.165) is 35.5 Å². The molecular weight excluding hydrogens is 330 g/mol. The van der Waals surface area contributed by atoms with Crippen LogP contribution in [0, 0.1) is 0 Å². The molecule has 4 rings (SSSR count). The van der Waals surface area contributed by atoms with Gasteiger partial charge in [-0.05, 0) is 44.0 Å². The van der Waals surface area contributed by atoms with Gasteiger partial charge in [-0.25, -0.2) is 14.8 Å². The van der Waals surface area contributed by atoms with Gasteiger partial charge in [-0.2, -0.15) is 0 Å². The summed E-state index contributed by atoms with van der Waals surface area (Å²) in [5, 5.41) is 0. The van der Waals surface area contributed by atoms with Crippen LogP contribution >= 0.6 is 0 Å². The Balaban J connectivity index is 1.67. The van der Waals surface area contributed by atoms with Crippen LogP contribution in [0.3, 0.4) is 0 Å². The van der Waals surface area contributed by atoms with Crippen molar-refractivity contribution in [3.63, 3.8) is 0 Å². The molecule has 0 bridgehead atoms. The van der Waals surface area contributed by atoms with Crippen LogP contribution in [0.5, 0.6) is 0 Å². The largest absolute Gasteiger partial charge is 0.450 e. The first-order valence-electron chi connectivity index (χ1n) is 8.94. The fourth-order valence-corrected chi connectivity index (χ4v) is 3.50. The third-order valence-corrected chi connectivity index (χ3v) is 4.72. The Morgan fingerprint density at radius 1 is 1.15 bits per heavy atom. The normalized spacial score (nSPS) is 15.3. The number of likely N-dealkylation sites (tertiary alicyclic amines) is 1. The van der Waals surface area contributed by atoms with Crippen molar-refractivity contribution in [3.8, 4) is 11.5 Å². The maximum atomic E-state index is 12.0. The van der Waals surface area contributed by atoms with Crippen molar-refractivity contribution in [2.75, 3.05) is 19.7 Å². The van der Waals surface area contributed by atoms with Crippen LogP contribution in [0.15, 0.2) is 42.7 Å². The van der Waals surface area contributed by atoms with Crippen molar-refractivity contribution in [1.29, 1.82) is 0 Å². The molecule has 1 aliphatic heterocycles. The highest BCUT2D eigenvalue weighted by Gasteiger charge is 2.28. The second kappa shape index (κ2) is 7.11. The quantitative estimate of drug-likeness (QED) is 0.724. The Bertz CT molecular complexity index is 901. The highest BCUT2D eigenvalue weighted by molar-refractivity contribution is 5.76. The summed E-state index contributed by atoms with van der Waals surface area (Å²) in [5.41, 5.74) is 2.56. The molecule has 0 saturated carbocycles. The number of aromatic nitrogens is 4. The summed E-state index contributed by atoms with van der Waals surface area (Å²) in [6.07, 6.45) is 4.99. The van der Waals surface area contributed by atoms with E-state index < -0.39 is 0 Å². The lowest BCUT2D eigenvalue weighted by molar-refractivity contribution is 0.0931. The van der Waals surface area contributed by atoms with Crippen molar-refractivity contribution in [2.45, 2.75) is 25.8 Å². The fourth-order valence-electron chi connectivity index (χ4n) is 3.50. The summed E-state index contributed by atoms with van der Waals surface area (Å²) in [6, 6.07) is 10.0. The molecule has 1 amide bonds. The number of ether oxygens (including phenoxy) is 1. The molecule has 26 heavy (non-hydrogen) atoms. The highest BCUT2D eigenvalue weighted by Crippen LogP contribution is 2.32. The Kier molecular flexibility index (Phi) is 4.51. The lowest BCUT2D eigenvalue weighted by Gasteiger charge is -2.32. The van der Waals surface area contributed by atoms with E-state index >= 15 is 0 Å². The van der Waals surface area contributed by atoms with Crippen molar-refractivity contribution in [2.24, 2.45) is 0 Å². The molecule has 1 aliphatic rings. The highest BCUT2D eigenvalue weighted by atomic mass is 16.6. The van der Waals surface area contributed by atoms with Crippen LogP contribution in [0.1, 0.15) is 25.8 Å². The van der Waals surface area contributed by atoms with Gasteiger partial charge in [-0.3, -0.25) is 4.98 Å². The van der Waals surface area contributed by atoms with Crippen LogP contribution in [0.2, 0.25) is 0 Å². The second-order valence-corrected chi connectivity index (χ2v) is 6.28. The van der Waals surface area contributed by atoms with E-state index in [-0.39, 0.29) is 12.1 Å². The van der Waals surface area contributed by atoms with Crippen LogP contribution in [0.4, 0.5) is 4.79 Å². The molecule has 3 aromatic heterocycles. The Morgan fingerprint density at radius 3 is 2.69 bits per heavy atom. The van der Waals surface area contributed by atoms with E-state index in [9.17, 15) is 4.79 Å². The number of piperidine rings is 1. The Labute approximate surface area is 151 Å². The van der Waals surface area contributed by atoms with Gasteiger partial charge in [0, 0.05) is 31.5 Å². The van der Waals surface area contributed by atoms with E-state index in [1.54, 1.807) is 17.3 Å². The molecule has 7 nitrogen and oxygen atoms in total. The molecule has 7 heteroatoms. The zero-order chi connectivity index (χ0) is 17.9. The minimum absolute atomic E-state index is 0.229. The van der Waals surface area contributed by atoms with Gasteiger partial charge in [-0.15, -0.1) is 0 Å². The second-order valence-electron chi connectivity index (χ2n) is 6.28. The topological polar surface area (TPSA) is 73.1 Å². The molecule has 0 atom stereocenters. The molecule has 0 aromatic carbocycles. The maximum absolute atomic E-state index is 12.0. The maximum Gasteiger partial charge on any atom is 0.409 e. The van der Waals surface area contributed by atoms with E-state index in [1.807, 2.05) is 37.3 Å². The summed E-state index contributed by atoms with van der Waals surface area (Å²) in [7, 11) is 0. The summed E-state index contributed by atoms with van der Waals surface area (Å²) in [6.45, 7) is 3.57. The predicted molar refractivity (Wildman–Crippen MR) is 97.6 cm³/mol. The molecule has 1 fully saturated rings. The van der Waals surface area contributed by atoms with E-state index in [2.05, 4.69) is 14.5 Å². The molecule has 1 saturated heterocycles. The van der Waals surface area contributed by atoms with Crippen LogP contribution in [-0.4, -0.2) is 50.2 Å². The number of carbonyl (C=O) groups is 1. The number of hydrogen-bond donors (Lipinski definition) is 0. The molecule has 0 spiro atoms. The number of hydrogen-bond acceptors (Lipinski definition) is 5. The third-order valence-electron chi connectivity index (χ3n) is 4.72. The number of imidazole rings is 1. The molecular formula is C19H21N5O2. The summed E-state index contributed by atoms with van der Waals surface area (Å²) in [5.74, 6) is 0.828. The smallest absolute Gasteiger partial charge is 0.409 e. The SMILES string of the molecule is CCOC(=O)N1CCC(n2c(-c3ccccn3)nc3ncccc32)CC1. The van der Waals surface area contributed by atoms with Gasteiger partial charge in [0.1, 0.15) is 5.69 Å². The van der Waals surface area contributed by atoms with Gasteiger partial charge in [0.2, 0.25) is 0 Å². The number of carbonyl (C=O) groups excluding carboxylic acids is 1. The monoisotopic (exact) mass is 351 g/mol. The lowest BCUT2D eigenvalue weighted by atomic mass is 10.0. The molecule has 3 aromatic rings. The molecule has 0 unspecified atom stereocenters. The van der Waals surface area contributed by atoms with Gasteiger partial charge in [0.15, 0.2) is 11.5 Å². The number of amides is 1. The number of nitrogens with zero attached hydrogens (tertiary/aromatic N) is 5. The Hall–Kier alpha value is -2.96. The standard InChI is InChI=1S/C19H21N5O2/c1-2-26-19(25)23-12-8-14(9-13-23)24-16-7-5-11-21-17(16)22-18(24)15-6-3-4-10-20-15/h3-7,10-11,14H,2,8-9,12-13H2,1H3. The lowest BCUT2D eigenvalue weighted by Crippen LogP contribution is -2.39.